The lowest BCUT2D eigenvalue weighted by molar-refractivity contribution is 0.0697. The summed E-state index contributed by atoms with van der Waals surface area (Å²) in [5.41, 5.74) is -0.0390. The van der Waals surface area contributed by atoms with E-state index in [1.807, 2.05) is 0 Å². The maximum absolute atomic E-state index is 11.8. The highest BCUT2D eigenvalue weighted by Gasteiger charge is 2.18. The summed E-state index contributed by atoms with van der Waals surface area (Å²) in [7, 11) is -3.73. The van der Waals surface area contributed by atoms with Gasteiger partial charge in [-0.15, -0.1) is 11.3 Å². The second-order valence-corrected chi connectivity index (χ2v) is 5.94. The molecule has 2 aromatic rings. The van der Waals surface area contributed by atoms with Gasteiger partial charge in [0.25, 0.3) is 10.0 Å². The van der Waals surface area contributed by atoms with Crippen molar-refractivity contribution in [2.24, 2.45) is 0 Å². The second-order valence-electron chi connectivity index (χ2n) is 3.14. The average Bonchev–Trinajstić information content (AvgIpc) is 2.84. The van der Waals surface area contributed by atoms with E-state index in [-0.39, 0.29) is 9.77 Å². The van der Waals surface area contributed by atoms with Crippen molar-refractivity contribution < 1.29 is 18.3 Å². The second kappa shape index (κ2) is 4.22. The minimum atomic E-state index is -3.73. The van der Waals surface area contributed by atoms with Crippen LogP contribution in [0.25, 0.3) is 0 Å². The van der Waals surface area contributed by atoms with E-state index in [4.69, 9.17) is 5.11 Å². The number of carboxylic acids is 1. The Morgan fingerprint density at radius 2 is 2.00 bits per heavy atom. The molecule has 90 valence electrons. The third-order valence-electron chi connectivity index (χ3n) is 1.92. The molecule has 0 aliphatic rings. The minimum Gasteiger partial charge on any atom is -0.478 e. The lowest BCUT2D eigenvalue weighted by Gasteiger charge is -2.06. The molecule has 0 saturated heterocycles. The van der Waals surface area contributed by atoms with E-state index in [0.29, 0.717) is 0 Å². The lowest BCUT2D eigenvalue weighted by Crippen LogP contribution is -2.20. The van der Waals surface area contributed by atoms with Crippen molar-refractivity contribution in [2.45, 2.75) is 4.21 Å². The molecule has 2 N–H and O–H groups in total. The predicted molar refractivity (Wildman–Crippen MR) is 62.3 cm³/mol. The van der Waals surface area contributed by atoms with Gasteiger partial charge in [-0.2, -0.15) is 8.42 Å². The summed E-state index contributed by atoms with van der Waals surface area (Å²) in [4.78, 5) is 12.9. The van der Waals surface area contributed by atoms with Gasteiger partial charge in [0, 0.05) is 17.8 Å². The van der Waals surface area contributed by atoms with E-state index in [2.05, 4.69) is 4.83 Å². The molecule has 0 aromatic carbocycles. The molecule has 0 unspecified atom stereocenters. The monoisotopic (exact) mass is 272 g/mol. The molecule has 2 aromatic heterocycles. The van der Waals surface area contributed by atoms with Crippen molar-refractivity contribution in [1.29, 1.82) is 0 Å². The summed E-state index contributed by atoms with van der Waals surface area (Å²) in [6.45, 7) is 0. The number of aromatic carboxylic acids is 1. The quantitative estimate of drug-likeness (QED) is 0.874. The van der Waals surface area contributed by atoms with Crippen LogP contribution >= 0.6 is 11.3 Å². The Morgan fingerprint density at radius 3 is 2.53 bits per heavy atom. The van der Waals surface area contributed by atoms with E-state index < -0.39 is 16.0 Å². The first-order chi connectivity index (χ1) is 7.99. The Morgan fingerprint density at radius 1 is 1.35 bits per heavy atom. The zero-order valence-corrected chi connectivity index (χ0v) is 10.0. The fraction of sp³-hybridized carbons (Fsp3) is 0. The summed E-state index contributed by atoms with van der Waals surface area (Å²) in [5, 5.41) is 9.99. The first kappa shape index (κ1) is 11.7. The molecule has 6 nitrogen and oxygen atoms in total. The zero-order chi connectivity index (χ0) is 12.5. The van der Waals surface area contributed by atoms with Crippen LogP contribution in [0, 0.1) is 0 Å². The highest BCUT2D eigenvalue weighted by molar-refractivity contribution is 7.94. The first-order valence-electron chi connectivity index (χ1n) is 4.47. The number of nitrogens with one attached hydrogen (secondary N) is 1. The van der Waals surface area contributed by atoms with E-state index in [1.165, 1.54) is 22.4 Å². The summed E-state index contributed by atoms with van der Waals surface area (Å²) in [6, 6.07) is 4.46. The van der Waals surface area contributed by atoms with Gasteiger partial charge in [0.15, 0.2) is 0 Å². The lowest BCUT2D eigenvalue weighted by atomic mass is 10.4. The number of nitrogens with zero attached hydrogens (tertiary/aromatic N) is 1. The highest BCUT2D eigenvalue weighted by Crippen LogP contribution is 2.20. The van der Waals surface area contributed by atoms with E-state index in [9.17, 15) is 13.2 Å². The first-order valence-corrected chi connectivity index (χ1v) is 6.83. The number of rotatable bonds is 4. The Hall–Kier alpha value is -1.80. The third-order valence-corrected chi connectivity index (χ3v) is 4.68. The molecule has 0 spiro atoms. The van der Waals surface area contributed by atoms with Gasteiger partial charge in [-0.1, -0.05) is 0 Å². The molecule has 0 saturated carbocycles. The van der Waals surface area contributed by atoms with Gasteiger partial charge in [0.2, 0.25) is 0 Å². The van der Waals surface area contributed by atoms with Crippen molar-refractivity contribution in [3.05, 3.63) is 41.5 Å². The van der Waals surface area contributed by atoms with Crippen LogP contribution in [0.5, 0.6) is 0 Å². The number of carboxylic acid groups (broad SMARTS) is 1. The normalized spacial score (nSPS) is 11.3. The summed E-state index contributed by atoms with van der Waals surface area (Å²) >= 11 is 0.862. The third kappa shape index (κ3) is 2.48. The standard InChI is InChI=1S/C9H8N2O4S2/c12-9(13)7-5-8(16-6-7)17(14,15)10-11-3-1-2-4-11/h1-6,10H,(H,12,13). The van der Waals surface area contributed by atoms with Gasteiger partial charge >= 0.3 is 5.97 Å². The molecule has 0 bridgehead atoms. The molecule has 0 atom stereocenters. The smallest absolute Gasteiger partial charge is 0.336 e. The Balaban J connectivity index is 2.28. The van der Waals surface area contributed by atoms with Crippen LogP contribution in [0.15, 0.2) is 40.2 Å². The molecule has 0 fully saturated rings. The van der Waals surface area contributed by atoms with Crippen molar-refractivity contribution in [3.63, 3.8) is 0 Å². The number of carbonyl (C=O) groups is 1. The molecular weight excluding hydrogens is 264 g/mol. The van der Waals surface area contributed by atoms with Crippen LogP contribution in [0.1, 0.15) is 10.4 Å². The van der Waals surface area contributed by atoms with Gasteiger partial charge in [-0.3, -0.25) is 4.68 Å². The van der Waals surface area contributed by atoms with E-state index in [1.54, 1.807) is 12.1 Å². The molecule has 2 rings (SSSR count). The maximum atomic E-state index is 11.8. The minimum absolute atomic E-state index is 0.0383. The topological polar surface area (TPSA) is 88.4 Å². The number of thiophene rings is 1. The number of hydrogen-bond acceptors (Lipinski definition) is 4. The fourth-order valence-corrected chi connectivity index (χ4v) is 3.29. The predicted octanol–water partition coefficient (Wildman–Crippen LogP) is 1.18. The highest BCUT2D eigenvalue weighted by atomic mass is 32.2. The van der Waals surface area contributed by atoms with Crippen LogP contribution in [0.4, 0.5) is 0 Å². The van der Waals surface area contributed by atoms with E-state index in [0.717, 1.165) is 17.4 Å². The van der Waals surface area contributed by atoms with Crippen molar-refractivity contribution in [2.75, 3.05) is 4.83 Å². The number of sulfonamides is 1. The largest absolute Gasteiger partial charge is 0.478 e. The summed E-state index contributed by atoms with van der Waals surface area (Å²) in [5.74, 6) is -1.15. The zero-order valence-electron chi connectivity index (χ0n) is 8.40. The molecule has 2 heterocycles. The number of aromatic nitrogens is 1. The maximum Gasteiger partial charge on any atom is 0.336 e. The average molecular weight is 272 g/mol. The van der Waals surface area contributed by atoms with Crippen LogP contribution in [-0.4, -0.2) is 24.2 Å². The Bertz CT molecular complexity index is 628. The molecule has 0 aliphatic heterocycles. The number of hydrogen-bond donors (Lipinski definition) is 2. The van der Waals surface area contributed by atoms with Crippen molar-refractivity contribution in [1.82, 2.24) is 4.68 Å². The molecule has 8 heteroatoms. The molecule has 0 radical (unpaired) electrons. The van der Waals surface area contributed by atoms with Crippen molar-refractivity contribution >= 4 is 27.3 Å². The van der Waals surface area contributed by atoms with Gasteiger partial charge < -0.3 is 5.11 Å². The molecule has 0 aliphatic carbocycles. The van der Waals surface area contributed by atoms with Gasteiger partial charge in [-0.25, -0.2) is 9.63 Å². The SMILES string of the molecule is O=C(O)c1csc(S(=O)(=O)Nn2cccc2)c1. The molecule has 0 amide bonds. The van der Waals surface area contributed by atoms with Gasteiger partial charge in [-0.05, 0) is 18.2 Å². The van der Waals surface area contributed by atoms with Crippen LogP contribution in [0.2, 0.25) is 0 Å². The van der Waals surface area contributed by atoms with Crippen molar-refractivity contribution in [3.8, 4) is 0 Å². The van der Waals surface area contributed by atoms with Gasteiger partial charge in [0.1, 0.15) is 4.21 Å². The molecular formula is C9H8N2O4S2. The van der Waals surface area contributed by atoms with Crippen LogP contribution in [-0.2, 0) is 10.0 Å². The Kier molecular flexibility index (Phi) is 2.90. The fourth-order valence-electron chi connectivity index (χ4n) is 1.15. The summed E-state index contributed by atoms with van der Waals surface area (Å²) in [6.07, 6.45) is 3.06. The van der Waals surface area contributed by atoms with Gasteiger partial charge in [0.05, 0.1) is 5.56 Å². The van der Waals surface area contributed by atoms with Crippen LogP contribution < -0.4 is 4.83 Å². The summed E-state index contributed by atoms with van der Waals surface area (Å²) < 4.78 is 24.9. The Labute approximate surface area is 101 Å². The van der Waals surface area contributed by atoms with Crippen LogP contribution in [0.3, 0.4) is 0 Å². The van der Waals surface area contributed by atoms with E-state index >= 15 is 0 Å². The molecule has 17 heavy (non-hydrogen) atoms.